The smallest absolute Gasteiger partial charge is 0.0777 e. The molecule has 1 N–H and O–H groups in total. The molecule has 1 aromatic rings. The molecule has 1 aromatic heterocycles. The van der Waals surface area contributed by atoms with Crippen LogP contribution in [0.1, 0.15) is 19.5 Å². The van der Waals surface area contributed by atoms with Crippen molar-refractivity contribution in [3.05, 3.63) is 11.9 Å². The highest BCUT2D eigenvalue weighted by atomic mass is 15.2. The number of nitrogens with one attached hydrogen (secondary N) is 1. The van der Waals surface area contributed by atoms with E-state index in [0.29, 0.717) is 5.92 Å². The zero-order valence-corrected chi connectivity index (χ0v) is 8.26. The summed E-state index contributed by atoms with van der Waals surface area (Å²) >= 11 is 0. The van der Waals surface area contributed by atoms with Crippen LogP contribution in [0.5, 0.6) is 0 Å². The summed E-state index contributed by atoms with van der Waals surface area (Å²) in [5.74, 6) is 0.671. The number of nitrogens with zero attached hydrogens (tertiary/aromatic N) is 2. The Morgan fingerprint density at radius 3 is 2.67 bits per heavy atom. The summed E-state index contributed by atoms with van der Waals surface area (Å²) in [6, 6.07) is 0. The molecule has 0 saturated heterocycles. The molecule has 1 rings (SSSR count). The Balaban J connectivity index is 2.77. The minimum absolute atomic E-state index is 0.671. The molecule has 12 heavy (non-hydrogen) atoms. The Kier molecular flexibility index (Phi) is 2.74. The maximum absolute atomic E-state index is 4.03. The van der Waals surface area contributed by atoms with Gasteiger partial charge in [-0.3, -0.25) is 5.10 Å². The molecule has 0 radical (unpaired) electrons. The molecule has 0 fully saturated rings. The fourth-order valence-electron chi connectivity index (χ4n) is 1.25. The van der Waals surface area contributed by atoms with E-state index in [4.69, 9.17) is 0 Å². The van der Waals surface area contributed by atoms with Gasteiger partial charge in [-0.1, -0.05) is 13.8 Å². The lowest BCUT2D eigenvalue weighted by molar-refractivity contribution is 0.633. The van der Waals surface area contributed by atoms with Crippen LogP contribution in [-0.4, -0.2) is 24.3 Å². The monoisotopic (exact) mass is 167 g/mol. The van der Waals surface area contributed by atoms with Gasteiger partial charge in [0.2, 0.25) is 0 Å². The van der Waals surface area contributed by atoms with E-state index >= 15 is 0 Å². The molecule has 3 heteroatoms. The average Bonchev–Trinajstić information content (AvgIpc) is 2.33. The average molecular weight is 167 g/mol. The van der Waals surface area contributed by atoms with E-state index in [-0.39, 0.29) is 0 Å². The summed E-state index contributed by atoms with van der Waals surface area (Å²) in [5, 5.41) is 7.06. The van der Waals surface area contributed by atoms with Crippen molar-refractivity contribution in [1.82, 2.24) is 10.2 Å². The lowest BCUT2D eigenvalue weighted by Gasteiger charge is -2.12. The predicted octanol–water partition coefficient (Wildman–Crippen LogP) is 1.67. The van der Waals surface area contributed by atoms with E-state index in [1.807, 2.05) is 20.3 Å². The van der Waals surface area contributed by atoms with Crippen molar-refractivity contribution in [2.45, 2.75) is 20.3 Å². The standard InChI is InChI=1S/C9H17N3/c1-7(2)5-8-9(12(3)4)6-10-11-8/h6-7H,5H2,1-4H3,(H,10,11). The summed E-state index contributed by atoms with van der Waals surface area (Å²) in [4.78, 5) is 2.08. The van der Waals surface area contributed by atoms with E-state index in [1.165, 1.54) is 11.4 Å². The van der Waals surface area contributed by atoms with Crippen LogP contribution in [-0.2, 0) is 6.42 Å². The number of H-pyrrole nitrogens is 1. The number of anilines is 1. The third kappa shape index (κ3) is 2.00. The van der Waals surface area contributed by atoms with Crippen molar-refractivity contribution in [3.63, 3.8) is 0 Å². The molecule has 0 aromatic carbocycles. The SMILES string of the molecule is CC(C)Cc1[nH]ncc1N(C)C. The van der Waals surface area contributed by atoms with Crippen molar-refractivity contribution in [2.75, 3.05) is 19.0 Å². The summed E-state index contributed by atoms with van der Waals surface area (Å²) in [6.07, 6.45) is 2.94. The van der Waals surface area contributed by atoms with Gasteiger partial charge in [-0.2, -0.15) is 5.10 Å². The molecule has 68 valence electrons. The molecule has 0 aliphatic carbocycles. The second-order valence-electron chi connectivity index (χ2n) is 3.73. The molecule has 0 unspecified atom stereocenters. The van der Waals surface area contributed by atoms with E-state index < -0.39 is 0 Å². The summed E-state index contributed by atoms with van der Waals surface area (Å²) in [7, 11) is 4.07. The zero-order chi connectivity index (χ0) is 9.14. The predicted molar refractivity (Wildman–Crippen MR) is 51.5 cm³/mol. The largest absolute Gasteiger partial charge is 0.375 e. The van der Waals surface area contributed by atoms with Crippen molar-refractivity contribution >= 4 is 5.69 Å². The van der Waals surface area contributed by atoms with Crippen LogP contribution in [0.2, 0.25) is 0 Å². The summed E-state index contributed by atoms with van der Waals surface area (Å²) in [6.45, 7) is 4.42. The van der Waals surface area contributed by atoms with E-state index in [1.54, 1.807) is 0 Å². The fourth-order valence-corrected chi connectivity index (χ4v) is 1.25. The minimum atomic E-state index is 0.671. The van der Waals surface area contributed by atoms with Crippen LogP contribution < -0.4 is 4.90 Å². The van der Waals surface area contributed by atoms with Crippen LogP contribution >= 0.6 is 0 Å². The first-order chi connectivity index (χ1) is 5.61. The lowest BCUT2D eigenvalue weighted by Crippen LogP contribution is -2.10. The third-order valence-electron chi connectivity index (χ3n) is 1.79. The van der Waals surface area contributed by atoms with Gasteiger partial charge < -0.3 is 4.90 Å². The molecule has 3 nitrogen and oxygen atoms in total. The highest BCUT2D eigenvalue weighted by Gasteiger charge is 2.07. The van der Waals surface area contributed by atoms with Crippen LogP contribution in [0.4, 0.5) is 5.69 Å². The van der Waals surface area contributed by atoms with Crippen LogP contribution in [0, 0.1) is 5.92 Å². The first-order valence-corrected chi connectivity index (χ1v) is 4.31. The van der Waals surface area contributed by atoms with Gasteiger partial charge in [-0.25, -0.2) is 0 Å². The molecular weight excluding hydrogens is 150 g/mol. The fraction of sp³-hybridized carbons (Fsp3) is 0.667. The molecule has 0 atom stereocenters. The first-order valence-electron chi connectivity index (χ1n) is 4.31. The van der Waals surface area contributed by atoms with Crippen molar-refractivity contribution in [2.24, 2.45) is 5.92 Å². The molecule has 0 bridgehead atoms. The molecule has 0 spiro atoms. The maximum atomic E-state index is 4.03. The Hall–Kier alpha value is -0.990. The van der Waals surface area contributed by atoms with Crippen LogP contribution in [0.3, 0.4) is 0 Å². The van der Waals surface area contributed by atoms with E-state index in [9.17, 15) is 0 Å². The summed E-state index contributed by atoms with van der Waals surface area (Å²) < 4.78 is 0. The number of rotatable bonds is 3. The van der Waals surface area contributed by atoms with Gasteiger partial charge >= 0.3 is 0 Å². The van der Waals surface area contributed by atoms with E-state index in [2.05, 4.69) is 28.9 Å². The number of hydrogen-bond donors (Lipinski definition) is 1. The van der Waals surface area contributed by atoms with Crippen molar-refractivity contribution in [3.8, 4) is 0 Å². The highest BCUT2D eigenvalue weighted by molar-refractivity contribution is 5.47. The molecule has 0 saturated carbocycles. The maximum Gasteiger partial charge on any atom is 0.0777 e. The highest BCUT2D eigenvalue weighted by Crippen LogP contribution is 2.17. The Morgan fingerprint density at radius 2 is 2.17 bits per heavy atom. The second-order valence-corrected chi connectivity index (χ2v) is 3.73. The van der Waals surface area contributed by atoms with Crippen LogP contribution in [0.25, 0.3) is 0 Å². The minimum Gasteiger partial charge on any atom is -0.375 e. The van der Waals surface area contributed by atoms with Crippen molar-refractivity contribution < 1.29 is 0 Å². The molecule has 0 aliphatic heterocycles. The van der Waals surface area contributed by atoms with Crippen LogP contribution in [0.15, 0.2) is 6.20 Å². The Bertz CT molecular complexity index is 238. The Labute approximate surface area is 73.8 Å². The van der Waals surface area contributed by atoms with E-state index in [0.717, 1.165) is 6.42 Å². The molecule has 0 aliphatic rings. The number of aromatic nitrogens is 2. The topological polar surface area (TPSA) is 31.9 Å². The third-order valence-corrected chi connectivity index (χ3v) is 1.79. The first kappa shape index (κ1) is 9.10. The number of aromatic amines is 1. The quantitative estimate of drug-likeness (QED) is 0.742. The van der Waals surface area contributed by atoms with Gasteiger partial charge in [0.1, 0.15) is 0 Å². The molecular formula is C9H17N3. The van der Waals surface area contributed by atoms with Gasteiger partial charge in [0.05, 0.1) is 17.6 Å². The summed E-state index contributed by atoms with van der Waals surface area (Å²) in [5.41, 5.74) is 2.43. The number of hydrogen-bond acceptors (Lipinski definition) is 2. The molecule has 0 amide bonds. The van der Waals surface area contributed by atoms with Gasteiger partial charge in [0.15, 0.2) is 0 Å². The van der Waals surface area contributed by atoms with Crippen molar-refractivity contribution in [1.29, 1.82) is 0 Å². The normalized spacial score (nSPS) is 10.8. The Morgan fingerprint density at radius 1 is 1.50 bits per heavy atom. The van der Waals surface area contributed by atoms with Gasteiger partial charge in [-0.05, 0) is 12.3 Å². The van der Waals surface area contributed by atoms with Gasteiger partial charge in [0.25, 0.3) is 0 Å². The zero-order valence-electron chi connectivity index (χ0n) is 8.26. The second kappa shape index (κ2) is 3.61. The van der Waals surface area contributed by atoms with Gasteiger partial charge in [0, 0.05) is 14.1 Å². The molecule has 1 heterocycles. The lowest BCUT2D eigenvalue weighted by atomic mass is 10.1. The van der Waals surface area contributed by atoms with Gasteiger partial charge in [-0.15, -0.1) is 0 Å².